The Morgan fingerprint density at radius 2 is 2.11 bits per heavy atom. The number of thiocarbonyl (C=S) groups is 1. The Labute approximate surface area is 62.4 Å². The Morgan fingerprint density at radius 3 is 2.44 bits per heavy atom. The standard InChI is InChI=1S/C7H14OS/c1-4-8-7(9)5-6(2)3/h6H,4-5H2,1-3H3. The molecule has 0 saturated heterocycles. The van der Waals surface area contributed by atoms with Gasteiger partial charge in [-0.3, -0.25) is 0 Å². The topological polar surface area (TPSA) is 9.23 Å². The molecule has 0 saturated carbocycles. The fourth-order valence-electron chi connectivity index (χ4n) is 0.553. The maximum absolute atomic E-state index is 5.08. The van der Waals surface area contributed by atoms with Crippen LogP contribution >= 0.6 is 12.2 Å². The Balaban J connectivity index is 3.27. The molecular formula is C7H14OS. The molecule has 0 aromatic heterocycles. The fourth-order valence-corrected chi connectivity index (χ4v) is 1.00. The highest BCUT2D eigenvalue weighted by atomic mass is 32.1. The molecule has 0 fully saturated rings. The molecule has 0 aliphatic carbocycles. The molecule has 0 aromatic carbocycles. The van der Waals surface area contributed by atoms with Gasteiger partial charge in [0.15, 0.2) is 5.05 Å². The van der Waals surface area contributed by atoms with Crippen LogP contribution in [0.4, 0.5) is 0 Å². The van der Waals surface area contributed by atoms with Crippen LogP contribution in [0, 0.1) is 5.92 Å². The van der Waals surface area contributed by atoms with Crippen molar-refractivity contribution in [3.63, 3.8) is 0 Å². The summed E-state index contributed by atoms with van der Waals surface area (Å²) in [4.78, 5) is 0. The van der Waals surface area contributed by atoms with E-state index in [0.717, 1.165) is 11.5 Å². The molecule has 0 aromatic rings. The summed E-state index contributed by atoms with van der Waals surface area (Å²) in [6.07, 6.45) is 0.906. The molecule has 54 valence electrons. The van der Waals surface area contributed by atoms with Crippen molar-refractivity contribution in [3.05, 3.63) is 0 Å². The van der Waals surface area contributed by atoms with Crippen LogP contribution < -0.4 is 0 Å². The van der Waals surface area contributed by atoms with E-state index in [1.165, 1.54) is 0 Å². The van der Waals surface area contributed by atoms with Gasteiger partial charge in [-0.1, -0.05) is 13.8 Å². The van der Waals surface area contributed by atoms with Gasteiger partial charge in [0.1, 0.15) is 0 Å². The molecule has 0 spiro atoms. The molecule has 9 heavy (non-hydrogen) atoms. The minimum absolute atomic E-state index is 0.615. The molecule has 0 radical (unpaired) electrons. The summed E-state index contributed by atoms with van der Waals surface area (Å²) in [5.41, 5.74) is 0. The van der Waals surface area contributed by atoms with Crippen LogP contribution in [0.5, 0.6) is 0 Å². The van der Waals surface area contributed by atoms with E-state index in [-0.39, 0.29) is 0 Å². The van der Waals surface area contributed by atoms with Crippen LogP contribution in [-0.2, 0) is 4.74 Å². The van der Waals surface area contributed by atoms with Crippen LogP contribution in [0.25, 0.3) is 0 Å². The van der Waals surface area contributed by atoms with Crippen LogP contribution in [0.15, 0.2) is 0 Å². The number of ether oxygens (including phenoxy) is 1. The number of rotatable bonds is 3. The first-order chi connectivity index (χ1) is 4.16. The third kappa shape index (κ3) is 5.77. The lowest BCUT2D eigenvalue weighted by atomic mass is 10.1. The summed E-state index contributed by atoms with van der Waals surface area (Å²) in [5, 5.41) is 0.743. The molecule has 0 unspecified atom stereocenters. The lowest BCUT2D eigenvalue weighted by Crippen LogP contribution is -2.04. The van der Waals surface area contributed by atoms with E-state index < -0.39 is 0 Å². The van der Waals surface area contributed by atoms with Crippen LogP contribution in [0.2, 0.25) is 0 Å². The van der Waals surface area contributed by atoms with E-state index in [1.807, 2.05) is 6.92 Å². The summed E-state index contributed by atoms with van der Waals surface area (Å²) in [7, 11) is 0. The highest BCUT2D eigenvalue weighted by molar-refractivity contribution is 7.80. The average Bonchev–Trinajstić information content (AvgIpc) is 1.63. The van der Waals surface area contributed by atoms with Gasteiger partial charge >= 0.3 is 0 Å². The van der Waals surface area contributed by atoms with Gasteiger partial charge < -0.3 is 4.74 Å². The van der Waals surface area contributed by atoms with Crippen molar-refractivity contribution in [2.45, 2.75) is 27.2 Å². The van der Waals surface area contributed by atoms with Gasteiger partial charge in [0.05, 0.1) is 6.61 Å². The van der Waals surface area contributed by atoms with Crippen molar-refractivity contribution >= 4 is 17.3 Å². The Morgan fingerprint density at radius 1 is 1.56 bits per heavy atom. The molecule has 0 atom stereocenters. The van der Waals surface area contributed by atoms with Crippen molar-refractivity contribution in [2.75, 3.05) is 6.61 Å². The minimum atomic E-state index is 0.615. The molecule has 0 N–H and O–H groups in total. The third-order valence-electron chi connectivity index (χ3n) is 0.880. The van der Waals surface area contributed by atoms with Crippen LogP contribution in [-0.4, -0.2) is 11.7 Å². The zero-order chi connectivity index (χ0) is 7.28. The van der Waals surface area contributed by atoms with E-state index in [0.29, 0.717) is 12.5 Å². The second-order valence-electron chi connectivity index (χ2n) is 2.40. The predicted octanol–water partition coefficient (Wildman–Crippen LogP) is 2.40. The first kappa shape index (κ1) is 8.89. The summed E-state index contributed by atoms with van der Waals surface area (Å²) in [6, 6.07) is 0. The second kappa shape index (κ2) is 4.74. The molecule has 0 amide bonds. The number of hydrogen-bond donors (Lipinski definition) is 0. The van der Waals surface area contributed by atoms with Crippen LogP contribution in [0.3, 0.4) is 0 Å². The van der Waals surface area contributed by atoms with E-state index in [4.69, 9.17) is 17.0 Å². The fraction of sp³-hybridized carbons (Fsp3) is 0.857. The van der Waals surface area contributed by atoms with Gasteiger partial charge in [-0.2, -0.15) is 0 Å². The zero-order valence-electron chi connectivity index (χ0n) is 6.31. The Bertz CT molecular complexity index is 88.9. The third-order valence-corrected chi connectivity index (χ3v) is 1.16. The zero-order valence-corrected chi connectivity index (χ0v) is 7.12. The first-order valence-corrected chi connectivity index (χ1v) is 3.73. The van der Waals surface area contributed by atoms with Gasteiger partial charge in [0, 0.05) is 6.42 Å². The van der Waals surface area contributed by atoms with Gasteiger partial charge in [-0.05, 0) is 25.1 Å². The van der Waals surface area contributed by atoms with Gasteiger partial charge in [0.25, 0.3) is 0 Å². The van der Waals surface area contributed by atoms with E-state index in [9.17, 15) is 0 Å². The highest BCUT2D eigenvalue weighted by Crippen LogP contribution is 2.01. The average molecular weight is 146 g/mol. The Kier molecular flexibility index (Phi) is 4.68. The minimum Gasteiger partial charge on any atom is -0.487 e. The van der Waals surface area contributed by atoms with Crippen LogP contribution in [0.1, 0.15) is 27.2 Å². The smallest absolute Gasteiger partial charge is 0.159 e. The summed E-state index contributed by atoms with van der Waals surface area (Å²) >= 11 is 4.91. The largest absolute Gasteiger partial charge is 0.487 e. The summed E-state index contributed by atoms with van der Waals surface area (Å²) in [5.74, 6) is 0.615. The van der Waals surface area contributed by atoms with E-state index in [1.54, 1.807) is 0 Å². The monoisotopic (exact) mass is 146 g/mol. The van der Waals surface area contributed by atoms with Crippen molar-refractivity contribution in [1.82, 2.24) is 0 Å². The summed E-state index contributed by atoms with van der Waals surface area (Å²) in [6.45, 7) is 6.91. The van der Waals surface area contributed by atoms with E-state index >= 15 is 0 Å². The normalized spacial score (nSPS) is 9.78. The van der Waals surface area contributed by atoms with Crippen molar-refractivity contribution in [2.24, 2.45) is 5.92 Å². The SMILES string of the molecule is CCOC(=S)CC(C)C. The lowest BCUT2D eigenvalue weighted by molar-refractivity contribution is 0.321. The lowest BCUT2D eigenvalue weighted by Gasteiger charge is -2.05. The van der Waals surface area contributed by atoms with Crippen molar-refractivity contribution < 1.29 is 4.74 Å². The number of hydrogen-bond acceptors (Lipinski definition) is 2. The van der Waals surface area contributed by atoms with Gasteiger partial charge in [-0.25, -0.2) is 0 Å². The summed E-state index contributed by atoms with van der Waals surface area (Å²) < 4.78 is 5.08. The molecule has 1 nitrogen and oxygen atoms in total. The van der Waals surface area contributed by atoms with E-state index in [2.05, 4.69) is 13.8 Å². The maximum atomic E-state index is 5.08. The molecule has 0 bridgehead atoms. The van der Waals surface area contributed by atoms with Gasteiger partial charge in [-0.15, -0.1) is 0 Å². The maximum Gasteiger partial charge on any atom is 0.159 e. The predicted molar refractivity (Wildman–Crippen MR) is 43.7 cm³/mol. The molecule has 0 aliphatic rings. The molecule has 2 heteroatoms. The van der Waals surface area contributed by atoms with Crippen molar-refractivity contribution in [3.8, 4) is 0 Å². The molecule has 0 aliphatic heterocycles. The van der Waals surface area contributed by atoms with Crippen molar-refractivity contribution in [1.29, 1.82) is 0 Å². The Hall–Kier alpha value is -0.110. The highest BCUT2D eigenvalue weighted by Gasteiger charge is 1.98. The molecular weight excluding hydrogens is 132 g/mol. The molecule has 0 heterocycles. The van der Waals surface area contributed by atoms with Gasteiger partial charge in [0.2, 0.25) is 0 Å². The quantitative estimate of drug-likeness (QED) is 0.565. The first-order valence-electron chi connectivity index (χ1n) is 3.32. The molecule has 0 rings (SSSR count). The second-order valence-corrected chi connectivity index (χ2v) is 2.86.